The van der Waals surface area contributed by atoms with Gasteiger partial charge in [-0.2, -0.15) is 0 Å². The van der Waals surface area contributed by atoms with Gasteiger partial charge in [-0.3, -0.25) is 4.98 Å². The third-order valence-corrected chi connectivity index (χ3v) is 9.97. The molecule has 0 saturated heterocycles. The lowest BCUT2D eigenvalue weighted by Crippen LogP contribution is -1.96. The Bertz CT molecular complexity index is 2840. The average molecular weight is 638 g/mol. The number of rotatable bonds is 5. The topological polar surface area (TPSA) is 22.8 Å². The van der Waals surface area contributed by atoms with Crippen LogP contribution < -0.4 is 0 Å². The second-order valence-corrected chi connectivity index (χ2v) is 12.8. The molecule has 0 bridgehead atoms. The summed E-state index contributed by atoms with van der Waals surface area (Å²) in [7, 11) is 0. The Balaban J connectivity index is 1.20. The molecule has 3 heterocycles. The zero-order valence-electron chi connectivity index (χ0n) is 27.2. The van der Waals surface area contributed by atoms with E-state index in [0.717, 1.165) is 38.9 Å². The van der Waals surface area contributed by atoms with Crippen molar-refractivity contribution in [3.63, 3.8) is 0 Å². The summed E-state index contributed by atoms with van der Waals surface area (Å²) in [6.45, 7) is 0. The van der Waals surface area contributed by atoms with E-state index in [1.807, 2.05) is 12.3 Å². The molecule has 0 amide bonds. The Morgan fingerprint density at radius 1 is 0.340 bits per heavy atom. The summed E-state index contributed by atoms with van der Waals surface area (Å²) in [5, 5.41) is 3.62. The lowest BCUT2D eigenvalue weighted by atomic mass is 10.0. The van der Waals surface area contributed by atoms with E-state index >= 15 is 0 Å². The fraction of sp³-hybridized carbons (Fsp3) is 0. The predicted molar refractivity (Wildman–Crippen MR) is 209 cm³/mol. The molecule has 0 spiro atoms. The minimum absolute atomic E-state index is 1.00. The molecule has 10 aromatic rings. The van der Waals surface area contributed by atoms with Crippen molar-refractivity contribution in [2.24, 2.45) is 0 Å². The lowest BCUT2D eigenvalue weighted by Gasteiger charge is -2.14. The number of benzene rings is 7. The molecule has 7 aromatic carbocycles. The van der Waals surface area contributed by atoms with Crippen LogP contribution >= 0.6 is 0 Å². The van der Waals surface area contributed by atoms with Crippen molar-refractivity contribution in [3.8, 4) is 44.8 Å². The largest absolute Gasteiger partial charge is 0.309 e. The predicted octanol–water partition coefficient (Wildman–Crippen LogP) is 12.3. The van der Waals surface area contributed by atoms with Crippen molar-refractivity contribution in [1.82, 2.24) is 14.1 Å². The van der Waals surface area contributed by atoms with Crippen LogP contribution in [0.1, 0.15) is 0 Å². The zero-order chi connectivity index (χ0) is 33.0. The molecule has 3 heteroatoms. The molecule has 0 saturated carbocycles. The highest BCUT2D eigenvalue weighted by Gasteiger charge is 2.19. The zero-order valence-corrected chi connectivity index (χ0v) is 27.2. The smallest absolute Gasteiger partial charge is 0.0963 e. The molecule has 50 heavy (non-hydrogen) atoms. The van der Waals surface area contributed by atoms with Crippen molar-refractivity contribution in [3.05, 3.63) is 188 Å². The fourth-order valence-corrected chi connectivity index (χ4v) is 7.69. The van der Waals surface area contributed by atoms with Crippen LogP contribution in [0, 0.1) is 0 Å². The van der Waals surface area contributed by atoms with E-state index in [-0.39, 0.29) is 0 Å². The van der Waals surface area contributed by atoms with Crippen LogP contribution in [0.25, 0.3) is 88.5 Å². The van der Waals surface area contributed by atoms with Gasteiger partial charge in [0.1, 0.15) is 0 Å². The molecule has 234 valence electrons. The number of nitrogens with zero attached hydrogens (tertiary/aromatic N) is 3. The first-order valence-corrected chi connectivity index (χ1v) is 17.1. The van der Waals surface area contributed by atoms with Crippen LogP contribution in [0.4, 0.5) is 0 Å². The summed E-state index contributed by atoms with van der Waals surface area (Å²) in [6, 6.07) is 65.4. The second-order valence-electron chi connectivity index (χ2n) is 12.8. The van der Waals surface area contributed by atoms with Crippen LogP contribution in [0.3, 0.4) is 0 Å². The van der Waals surface area contributed by atoms with Crippen LogP contribution in [-0.2, 0) is 0 Å². The Labute approximate surface area is 290 Å². The minimum atomic E-state index is 1.00. The van der Waals surface area contributed by atoms with Crippen molar-refractivity contribution >= 4 is 43.7 Å². The van der Waals surface area contributed by atoms with Gasteiger partial charge in [-0.15, -0.1) is 0 Å². The highest BCUT2D eigenvalue weighted by atomic mass is 15.0. The Hall–Kier alpha value is -6.71. The van der Waals surface area contributed by atoms with E-state index in [1.165, 1.54) is 49.6 Å². The summed E-state index contributed by atoms with van der Waals surface area (Å²) in [5.41, 5.74) is 15.0. The van der Waals surface area contributed by atoms with Gasteiger partial charge in [0.15, 0.2) is 0 Å². The summed E-state index contributed by atoms with van der Waals surface area (Å²) in [6.07, 6.45) is 1.89. The molecular weight excluding hydrogens is 607 g/mol. The van der Waals surface area contributed by atoms with Gasteiger partial charge in [0.25, 0.3) is 0 Å². The molecule has 3 nitrogen and oxygen atoms in total. The van der Waals surface area contributed by atoms with E-state index < -0.39 is 0 Å². The van der Waals surface area contributed by atoms with Crippen LogP contribution in [0.5, 0.6) is 0 Å². The second kappa shape index (κ2) is 11.5. The third-order valence-electron chi connectivity index (χ3n) is 9.97. The van der Waals surface area contributed by atoms with Gasteiger partial charge in [-0.05, 0) is 82.4 Å². The van der Waals surface area contributed by atoms with Gasteiger partial charge in [0, 0.05) is 39.3 Å². The highest BCUT2D eigenvalue weighted by molar-refractivity contribution is 6.15. The Morgan fingerprint density at radius 2 is 0.980 bits per heavy atom. The molecule has 0 aliphatic heterocycles. The SMILES string of the molecule is c1ccc(-c2ccc(-n3c4ccccc4c4cccc(-c5ccc6c7ncccc7n(-c7cccc(-c8ccccc8)c7)c6c5)c43)cc2)cc1. The van der Waals surface area contributed by atoms with Crippen molar-refractivity contribution in [1.29, 1.82) is 0 Å². The summed E-state index contributed by atoms with van der Waals surface area (Å²) < 4.78 is 4.80. The number of fused-ring (bicyclic) bond motifs is 6. The Morgan fingerprint density at radius 3 is 1.80 bits per heavy atom. The maximum atomic E-state index is 4.88. The van der Waals surface area contributed by atoms with Gasteiger partial charge >= 0.3 is 0 Å². The number of pyridine rings is 1. The molecule has 0 unspecified atom stereocenters. The van der Waals surface area contributed by atoms with Crippen molar-refractivity contribution in [2.45, 2.75) is 0 Å². The number of hydrogen-bond donors (Lipinski definition) is 0. The summed E-state index contributed by atoms with van der Waals surface area (Å²) in [5.74, 6) is 0. The molecule has 0 radical (unpaired) electrons. The molecule has 0 aliphatic rings. The maximum Gasteiger partial charge on any atom is 0.0963 e. The fourth-order valence-electron chi connectivity index (χ4n) is 7.69. The van der Waals surface area contributed by atoms with Crippen LogP contribution in [-0.4, -0.2) is 14.1 Å². The quantitative estimate of drug-likeness (QED) is 0.184. The third kappa shape index (κ3) is 4.48. The van der Waals surface area contributed by atoms with E-state index in [2.05, 4.69) is 185 Å². The summed E-state index contributed by atoms with van der Waals surface area (Å²) >= 11 is 0. The molecule has 0 fully saturated rings. The average Bonchev–Trinajstić information content (AvgIpc) is 3.71. The normalized spacial score (nSPS) is 11.6. The van der Waals surface area contributed by atoms with Gasteiger partial charge in [-0.25, -0.2) is 0 Å². The highest BCUT2D eigenvalue weighted by Crippen LogP contribution is 2.41. The van der Waals surface area contributed by atoms with E-state index in [4.69, 9.17) is 4.98 Å². The molecule has 0 atom stereocenters. The van der Waals surface area contributed by atoms with Gasteiger partial charge < -0.3 is 9.13 Å². The first kappa shape index (κ1) is 28.3. The minimum Gasteiger partial charge on any atom is -0.309 e. The number of aromatic nitrogens is 3. The molecule has 0 aliphatic carbocycles. The molecule has 0 N–H and O–H groups in total. The van der Waals surface area contributed by atoms with Crippen LogP contribution in [0.15, 0.2) is 188 Å². The monoisotopic (exact) mass is 637 g/mol. The number of para-hydroxylation sites is 2. The van der Waals surface area contributed by atoms with Gasteiger partial charge in [0.05, 0.1) is 27.6 Å². The first-order chi connectivity index (χ1) is 24.8. The van der Waals surface area contributed by atoms with Gasteiger partial charge in [0.2, 0.25) is 0 Å². The first-order valence-electron chi connectivity index (χ1n) is 17.1. The van der Waals surface area contributed by atoms with Gasteiger partial charge in [-0.1, -0.05) is 127 Å². The van der Waals surface area contributed by atoms with Crippen LogP contribution in [0.2, 0.25) is 0 Å². The Kier molecular flexibility index (Phi) is 6.49. The molecular formula is C47H31N3. The van der Waals surface area contributed by atoms with E-state index in [9.17, 15) is 0 Å². The van der Waals surface area contributed by atoms with E-state index in [0.29, 0.717) is 0 Å². The van der Waals surface area contributed by atoms with Crippen molar-refractivity contribution < 1.29 is 0 Å². The summed E-state index contributed by atoms with van der Waals surface area (Å²) in [4.78, 5) is 4.88. The van der Waals surface area contributed by atoms with E-state index in [1.54, 1.807) is 0 Å². The van der Waals surface area contributed by atoms with Crippen molar-refractivity contribution in [2.75, 3.05) is 0 Å². The molecule has 10 rings (SSSR count). The molecule has 3 aromatic heterocycles. The maximum absolute atomic E-state index is 4.88. The lowest BCUT2D eigenvalue weighted by molar-refractivity contribution is 1.17. The standard InChI is InChI=1S/C47H31N3/c1-3-12-32(13-4-1)34-23-26-37(27-24-34)50-43-21-8-7-18-40(43)41-20-10-19-39(47(41)50)36-25-28-42-45(31-36)49(44-22-11-29-48-46(42)44)38-17-9-16-35(30-38)33-14-5-2-6-15-33/h1-31H. The number of hydrogen-bond acceptors (Lipinski definition) is 1.